The number of hydrogen-bond donors (Lipinski definition) is 2. The highest BCUT2D eigenvalue weighted by molar-refractivity contribution is 5.83. The highest BCUT2D eigenvalue weighted by Gasteiger charge is 2.33. The smallest absolute Gasteiger partial charge is 0.435 e. The summed E-state index contributed by atoms with van der Waals surface area (Å²) in [7, 11) is 0. The number of carbonyl (C=O) groups excluding carboxylic acids is 1. The van der Waals surface area contributed by atoms with Gasteiger partial charge in [0.25, 0.3) is 0 Å². The summed E-state index contributed by atoms with van der Waals surface area (Å²) in [4.78, 5) is 22.1. The molecule has 0 bridgehead atoms. The van der Waals surface area contributed by atoms with E-state index in [1.165, 1.54) is 0 Å². The Hall–Kier alpha value is -2.06. The molecule has 0 spiro atoms. The zero-order chi connectivity index (χ0) is 14.6. The van der Waals surface area contributed by atoms with E-state index < -0.39 is 36.3 Å². The lowest BCUT2D eigenvalue weighted by molar-refractivity contribution is -0.142. The topological polar surface area (TPSA) is 84.2 Å². The van der Waals surface area contributed by atoms with Gasteiger partial charge >= 0.3 is 12.1 Å². The third-order valence-electron chi connectivity index (χ3n) is 2.28. The molecule has 1 rings (SSSR count). The molecule has 19 heavy (non-hydrogen) atoms. The number of amides is 1. The molecule has 1 heterocycles. The maximum atomic E-state index is 12.3. The summed E-state index contributed by atoms with van der Waals surface area (Å²) < 4.78 is 37.6. The average molecular weight is 279 g/mol. The molecule has 0 aromatic carbocycles. The van der Waals surface area contributed by atoms with E-state index in [1.54, 1.807) is 6.92 Å². The van der Waals surface area contributed by atoms with Gasteiger partial charge in [0.2, 0.25) is 5.91 Å². The molecule has 1 amide bonds. The summed E-state index contributed by atoms with van der Waals surface area (Å²) in [5, 5.41) is 14.1. The van der Waals surface area contributed by atoms with Gasteiger partial charge in [0.15, 0.2) is 5.69 Å². The van der Waals surface area contributed by atoms with Crippen molar-refractivity contribution in [3.63, 3.8) is 0 Å². The summed E-state index contributed by atoms with van der Waals surface area (Å²) in [5.41, 5.74) is -1.11. The summed E-state index contributed by atoms with van der Waals surface area (Å²) in [5.74, 6) is -1.92. The van der Waals surface area contributed by atoms with Crippen molar-refractivity contribution in [2.24, 2.45) is 0 Å². The van der Waals surface area contributed by atoms with E-state index in [0.29, 0.717) is 0 Å². The first kappa shape index (κ1) is 15.0. The first-order chi connectivity index (χ1) is 8.74. The molecule has 1 atom stereocenters. The fourth-order valence-electron chi connectivity index (χ4n) is 1.33. The minimum absolute atomic E-state index is 0.175. The van der Waals surface area contributed by atoms with Crippen molar-refractivity contribution in [2.45, 2.75) is 32.1 Å². The number of aromatic nitrogens is 2. The van der Waals surface area contributed by atoms with Crippen molar-refractivity contribution in [3.05, 3.63) is 18.0 Å². The van der Waals surface area contributed by atoms with E-state index in [4.69, 9.17) is 5.11 Å². The highest BCUT2D eigenvalue weighted by atomic mass is 19.4. The van der Waals surface area contributed by atoms with Crippen LogP contribution in [0.1, 0.15) is 19.0 Å². The van der Waals surface area contributed by atoms with Crippen molar-refractivity contribution in [2.75, 3.05) is 0 Å². The minimum Gasteiger partial charge on any atom is -0.480 e. The first-order valence-corrected chi connectivity index (χ1v) is 5.37. The lowest BCUT2D eigenvalue weighted by Crippen LogP contribution is -2.41. The molecule has 106 valence electrons. The second kappa shape index (κ2) is 5.72. The largest absolute Gasteiger partial charge is 0.480 e. The minimum atomic E-state index is -4.57. The van der Waals surface area contributed by atoms with Crippen LogP contribution in [0.5, 0.6) is 0 Å². The van der Waals surface area contributed by atoms with Gasteiger partial charge in [0, 0.05) is 6.20 Å². The molecule has 0 aliphatic rings. The zero-order valence-electron chi connectivity index (χ0n) is 9.94. The number of carboxylic acid groups (broad SMARTS) is 1. The van der Waals surface area contributed by atoms with Gasteiger partial charge in [0.1, 0.15) is 12.6 Å². The van der Waals surface area contributed by atoms with E-state index in [2.05, 4.69) is 10.4 Å². The van der Waals surface area contributed by atoms with Crippen LogP contribution in [0.25, 0.3) is 0 Å². The molecule has 1 aromatic heterocycles. The standard InChI is InChI=1S/C10H12F3N3O3/c1-2-6(9(18)19)14-8(17)5-16-4-3-7(15-16)10(11,12)13/h3-4,6H,2,5H2,1H3,(H,14,17)(H,18,19)/t6-/m0/s1. The molecule has 0 radical (unpaired) electrons. The molecule has 0 unspecified atom stereocenters. The Kier molecular flexibility index (Phi) is 4.52. The number of carboxylic acids is 1. The summed E-state index contributed by atoms with van der Waals surface area (Å²) in [6.45, 7) is 1.09. The number of halogens is 3. The molecule has 9 heteroatoms. The van der Waals surface area contributed by atoms with Gasteiger partial charge in [-0.15, -0.1) is 0 Å². The third kappa shape index (κ3) is 4.27. The predicted octanol–water partition coefficient (Wildman–Crippen LogP) is 0.881. The summed E-state index contributed by atoms with van der Waals surface area (Å²) >= 11 is 0. The van der Waals surface area contributed by atoms with E-state index in [9.17, 15) is 22.8 Å². The first-order valence-electron chi connectivity index (χ1n) is 5.37. The number of alkyl halides is 3. The maximum Gasteiger partial charge on any atom is 0.435 e. The van der Waals surface area contributed by atoms with Gasteiger partial charge in [-0.1, -0.05) is 6.92 Å². The van der Waals surface area contributed by atoms with Crippen LogP contribution in [0.4, 0.5) is 13.2 Å². The molecule has 0 saturated carbocycles. The lowest BCUT2D eigenvalue weighted by Gasteiger charge is -2.12. The Morgan fingerprint density at radius 3 is 2.58 bits per heavy atom. The van der Waals surface area contributed by atoms with Crippen molar-refractivity contribution in [3.8, 4) is 0 Å². The SMILES string of the molecule is CC[C@H](NC(=O)Cn1ccc(C(F)(F)F)n1)C(=O)O. The van der Waals surface area contributed by atoms with Crippen molar-refractivity contribution >= 4 is 11.9 Å². The number of rotatable bonds is 5. The predicted molar refractivity (Wildman–Crippen MR) is 57.1 cm³/mol. The zero-order valence-corrected chi connectivity index (χ0v) is 9.94. The van der Waals surface area contributed by atoms with Crippen molar-refractivity contribution < 1.29 is 27.9 Å². The Labute approximate surface area is 106 Å². The molecular formula is C10H12F3N3O3. The fourth-order valence-corrected chi connectivity index (χ4v) is 1.33. The van der Waals surface area contributed by atoms with Gasteiger partial charge in [-0.2, -0.15) is 18.3 Å². The Balaban J connectivity index is 2.62. The van der Waals surface area contributed by atoms with Crippen molar-refractivity contribution in [1.29, 1.82) is 0 Å². The second-order valence-electron chi connectivity index (χ2n) is 3.76. The normalized spacial score (nSPS) is 13.1. The van der Waals surface area contributed by atoms with Gasteiger partial charge < -0.3 is 10.4 Å². The molecule has 0 aliphatic heterocycles. The van der Waals surface area contributed by atoms with Gasteiger partial charge in [-0.3, -0.25) is 9.48 Å². The number of carbonyl (C=O) groups is 2. The Morgan fingerprint density at radius 2 is 2.16 bits per heavy atom. The summed E-state index contributed by atoms with van der Waals surface area (Å²) in [6, 6.07) is -0.327. The maximum absolute atomic E-state index is 12.3. The average Bonchev–Trinajstić information content (AvgIpc) is 2.73. The van der Waals surface area contributed by atoms with Crippen LogP contribution in [0.3, 0.4) is 0 Å². The molecule has 0 fully saturated rings. The van der Waals surface area contributed by atoms with Gasteiger partial charge in [0.05, 0.1) is 0 Å². The number of nitrogens with one attached hydrogen (secondary N) is 1. The fraction of sp³-hybridized carbons (Fsp3) is 0.500. The van der Waals surface area contributed by atoms with Crippen LogP contribution < -0.4 is 5.32 Å². The lowest BCUT2D eigenvalue weighted by atomic mass is 10.2. The number of nitrogens with zero attached hydrogens (tertiary/aromatic N) is 2. The van der Waals surface area contributed by atoms with Crippen LogP contribution >= 0.6 is 0 Å². The molecule has 2 N–H and O–H groups in total. The van der Waals surface area contributed by atoms with E-state index >= 15 is 0 Å². The van der Waals surface area contributed by atoms with Crippen LogP contribution in [0.15, 0.2) is 12.3 Å². The van der Waals surface area contributed by atoms with E-state index in [0.717, 1.165) is 16.9 Å². The van der Waals surface area contributed by atoms with E-state index in [-0.39, 0.29) is 6.42 Å². The summed E-state index contributed by atoms with van der Waals surface area (Å²) in [6.07, 6.45) is -3.40. The van der Waals surface area contributed by atoms with E-state index in [1.807, 2.05) is 0 Å². The van der Waals surface area contributed by atoms with Crippen LogP contribution in [-0.2, 0) is 22.3 Å². The Bertz CT molecular complexity index is 470. The van der Waals surface area contributed by atoms with Crippen LogP contribution in [0, 0.1) is 0 Å². The molecule has 1 aromatic rings. The molecular weight excluding hydrogens is 267 g/mol. The second-order valence-corrected chi connectivity index (χ2v) is 3.76. The Morgan fingerprint density at radius 1 is 1.53 bits per heavy atom. The number of aliphatic carboxylic acids is 1. The van der Waals surface area contributed by atoms with Crippen LogP contribution in [-0.4, -0.2) is 32.8 Å². The monoisotopic (exact) mass is 279 g/mol. The molecule has 6 nitrogen and oxygen atoms in total. The van der Waals surface area contributed by atoms with Gasteiger partial charge in [-0.25, -0.2) is 4.79 Å². The quantitative estimate of drug-likeness (QED) is 0.838. The van der Waals surface area contributed by atoms with Crippen molar-refractivity contribution in [1.82, 2.24) is 15.1 Å². The molecule has 0 aliphatic carbocycles. The molecule has 0 saturated heterocycles. The van der Waals surface area contributed by atoms with Gasteiger partial charge in [-0.05, 0) is 12.5 Å². The number of hydrogen-bond acceptors (Lipinski definition) is 3. The van der Waals surface area contributed by atoms with Crippen LogP contribution in [0.2, 0.25) is 0 Å². The third-order valence-corrected chi connectivity index (χ3v) is 2.28. The highest BCUT2D eigenvalue weighted by Crippen LogP contribution is 2.27.